The van der Waals surface area contributed by atoms with Gasteiger partial charge in [0.05, 0.1) is 0 Å². The minimum absolute atomic E-state index is 0.676. The standard InChI is InChI=1S/C5H11IN/c1-2-7-5-3-6-4-5/h5,7H,2-4H2,1H3/q-1. The van der Waals surface area contributed by atoms with Gasteiger partial charge in [-0.25, -0.2) is 0 Å². The van der Waals surface area contributed by atoms with Crippen molar-refractivity contribution < 1.29 is 21.2 Å². The summed E-state index contributed by atoms with van der Waals surface area (Å²) in [4.78, 5) is 0. The Balaban J connectivity index is 1.93. The van der Waals surface area contributed by atoms with Crippen LogP contribution in [0, 0.1) is 0 Å². The molecule has 7 heavy (non-hydrogen) atoms. The van der Waals surface area contributed by atoms with E-state index in [1.165, 1.54) is 8.86 Å². The summed E-state index contributed by atoms with van der Waals surface area (Å²) in [6.45, 7) is 3.34. The van der Waals surface area contributed by atoms with Gasteiger partial charge in [-0.1, -0.05) is 0 Å². The fraction of sp³-hybridized carbons (Fsp3) is 1.00. The van der Waals surface area contributed by atoms with E-state index >= 15 is 0 Å². The summed E-state index contributed by atoms with van der Waals surface area (Å²) in [5.41, 5.74) is 0. The van der Waals surface area contributed by atoms with Crippen LogP contribution in [0.25, 0.3) is 0 Å². The van der Waals surface area contributed by atoms with E-state index in [4.69, 9.17) is 0 Å². The molecule has 1 nitrogen and oxygen atoms in total. The molecule has 44 valence electrons. The summed E-state index contributed by atoms with van der Waals surface area (Å²) in [7, 11) is 0. The summed E-state index contributed by atoms with van der Waals surface area (Å²) >= 11 is 0.676. The second-order valence-electron chi connectivity index (χ2n) is 1.75. The van der Waals surface area contributed by atoms with E-state index in [1.54, 1.807) is 0 Å². The Hall–Kier alpha value is 0.690. The molecule has 1 aliphatic rings. The van der Waals surface area contributed by atoms with Crippen molar-refractivity contribution in [2.24, 2.45) is 0 Å². The van der Waals surface area contributed by atoms with Crippen molar-refractivity contribution in [2.75, 3.05) is 15.4 Å². The molecular weight excluding hydrogens is 201 g/mol. The molecule has 2 heteroatoms. The second kappa shape index (κ2) is 2.87. The average Bonchev–Trinajstić information content (AvgIpc) is 1.55. The average molecular weight is 212 g/mol. The molecule has 0 aromatic heterocycles. The van der Waals surface area contributed by atoms with Gasteiger partial charge in [-0.15, -0.1) is 0 Å². The van der Waals surface area contributed by atoms with Crippen molar-refractivity contribution in [2.45, 2.75) is 13.0 Å². The molecule has 1 fully saturated rings. The second-order valence-corrected chi connectivity index (χ2v) is 4.59. The Morgan fingerprint density at radius 1 is 1.71 bits per heavy atom. The molecule has 0 amide bonds. The zero-order valence-corrected chi connectivity index (χ0v) is 6.73. The molecular formula is C5H11IN-. The number of rotatable bonds is 2. The van der Waals surface area contributed by atoms with Crippen LogP contribution in [-0.2, 0) is 0 Å². The molecule has 0 aromatic rings. The van der Waals surface area contributed by atoms with Crippen LogP contribution < -0.4 is 26.5 Å². The van der Waals surface area contributed by atoms with Crippen LogP contribution in [0.1, 0.15) is 6.92 Å². The topological polar surface area (TPSA) is 12.0 Å². The van der Waals surface area contributed by atoms with Crippen LogP contribution in [0.5, 0.6) is 0 Å². The molecule has 0 bridgehead atoms. The van der Waals surface area contributed by atoms with Crippen LogP contribution in [-0.4, -0.2) is 21.4 Å². The van der Waals surface area contributed by atoms with Gasteiger partial charge in [0.25, 0.3) is 0 Å². The van der Waals surface area contributed by atoms with E-state index in [0.29, 0.717) is 21.2 Å². The van der Waals surface area contributed by atoms with Gasteiger partial charge in [0, 0.05) is 0 Å². The Morgan fingerprint density at radius 3 is 2.57 bits per heavy atom. The molecule has 0 spiro atoms. The van der Waals surface area contributed by atoms with Gasteiger partial charge in [0.2, 0.25) is 0 Å². The Kier molecular flexibility index (Phi) is 2.38. The summed E-state index contributed by atoms with van der Waals surface area (Å²) in [6.07, 6.45) is 0. The van der Waals surface area contributed by atoms with Crippen LogP contribution in [0.4, 0.5) is 0 Å². The van der Waals surface area contributed by atoms with E-state index in [9.17, 15) is 0 Å². The zero-order chi connectivity index (χ0) is 5.11. The van der Waals surface area contributed by atoms with Gasteiger partial charge < -0.3 is 0 Å². The quantitative estimate of drug-likeness (QED) is 0.381. The van der Waals surface area contributed by atoms with Crippen molar-refractivity contribution in [1.29, 1.82) is 0 Å². The summed E-state index contributed by atoms with van der Waals surface area (Å²) in [6, 6.07) is 0.929. The van der Waals surface area contributed by atoms with Gasteiger partial charge in [0.1, 0.15) is 0 Å². The maximum atomic E-state index is 3.41. The van der Waals surface area contributed by atoms with Crippen LogP contribution in [0.3, 0.4) is 0 Å². The molecule has 1 N–H and O–H groups in total. The van der Waals surface area contributed by atoms with Gasteiger partial charge in [-0.3, -0.25) is 0 Å². The molecule has 0 unspecified atom stereocenters. The molecule has 0 saturated carbocycles. The Bertz CT molecular complexity index is 52.0. The number of hydrogen-bond donors (Lipinski definition) is 1. The Labute approximate surface area is 55.1 Å². The van der Waals surface area contributed by atoms with Crippen molar-refractivity contribution in [3.63, 3.8) is 0 Å². The number of hydrogen-bond acceptors (Lipinski definition) is 1. The number of nitrogens with one attached hydrogen (secondary N) is 1. The van der Waals surface area contributed by atoms with E-state index in [2.05, 4.69) is 12.2 Å². The summed E-state index contributed by atoms with van der Waals surface area (Å²) < 4.78 is 3.04. The van der Waals surface area contributed by atoms with E-state index in [-0.39, 0.29) is 0 Å². The van der Waals surface area contributed by atoms with Crippen LogP contribution in [0.15, 0.2) is 0 Å². The van der Waals surface area contributed by atoms with Crippen molar-refractivity contribution in [3.8, 4) is 0 Å². The minimum atomic E-state index is 0.676. The number of halogens is 1. The summed E-state index contributed by atoms with van der Waals surface area (Å²) in [5, 5.41) is 3.41. The monoisotopic (exact) mass is 212 g/mol. The maximum absolute atomic E-state index is 3.41. The van der Waals surface area contributed by atoms with Crippen molar-refractivity contribution >= 4 is 0 Å². The van der Waals surface area contributed by atoms with E-state index in [1.807, 2.05) is 0 Å². The fourth-order valence-corrected chi connectivity index (χ4v) is 2.48. The molecule has 1 heterocycles. The van der Waals surface area contributed by atoms with E-state index < -0.39 is 0 Å². The Morgan fingerprint density at radius 2 is 2.43 bits per heavy atom. The molecule has 1 saturated heterocycles. The first-order valence-electron chi connectivity index (χ1n) is 2.70. The molecule has 0 radical (unpaired) electrons. The predicted octanol–water partition coefficient (Wildman–Crippen LogP) is -2.93. The molecule has 1 rings (SSSR count). The SMILES string of the molecule is CCNC1C[I-]C1. The van der Waals surface area contributed by atoms with Crippen molar-refractivity contribution in [3.05, 3.63) is 0 Å². The fourth-order valence-electron chi connectivity index (χ4n) is 0.616. The normalized spacial score (nSPS) is 23.0. The van der Waals surface area contributed by atoms with Gasteiger partial charge in [0.15, 0.2) is 0 Å². The third-order valence-corrected chi connectivity index (χ3v) is 4.46. The molecule has 0 aliphatic carbocycles. The third-order valence-electron chi connectivity index (χ3n) is 1.08. The molecule has 1 aliphatic heterocycles. The van der Waals surface area contributed by atoms with E-state index in [0.717, 1.165) is 12.6 Å². The first-order chi connectivity index (χ1) is 3.43. The first-order valence-corrected chi connectivity index (χ1v) is 5.75. The number of alkyl halides is 2. The van der Waals surface area contributed by atoms with Gasteiger partial charge in [-0.05, 0) is 0 Å². The van der Waals surface area contributed by atoms with Crippen LogP contribution in [0.2, 0.25) is 0 Å². The molecule has 0 aromatic carbocycles. The molecule has 0 atom stereocenters. The van der Waals surface area contributed by atoms with Gasteiger partial charge in [-0.2, -0.15) is 0 Å². The van der Waals surface area contributed by atoms with Crippen LogP contribution >= 0.6 is 0 Å². The zero-order valence-electron chi connectivity index (χ0n) is 4.58. The van der Waals surface area contributed by atoms with Crippen molar-refractivity contribution in [1.82, 2.24) is 5.32 Å². The first kappa shape index (κ1) is 5.82. The summed E-state index contributed by atoms with van der Waals surface area (Å²) in [5.74, 6) is 0. The van der Waals surface area contributed by atoms with Gasteiger partial charge >= 0.3 is 54.9 Å². The third kappa shape index (κ3) is 1.57. The predicted molar refractivity (Wildman–Crippen MR) is 27.2 cm³/mol.